The van der Waals surface area contributed by atoms with Gasteiger partial charge in [0.25, 0.3) is 0 Å². The van der Waals surface area contributed by atoms with Gasteiger partial charge in [0, 0.05) is 12.7 Å². The number of nitrogens with one attached hydrogen (secondary N) is 1. The van der Waals surface area contributed by atoms with Crippen molar-refractivity contribution in [3.8, 4) is 0 Å². The maximum Gasteiger partial charge on any atom is 0.338 e. The molecule has 1 aliphatic heterocycles. The lowest BCUT2D eigenvalue weighted by atomic mass is 9.91. The van der Waals surface area contributed by atoms with Crippen molar-refractivity contribution in [3.05, 3.63) is 46.7 Å². The number of benzene rings is 1. The Morgan fingerprint density at radius 2 is 1.74 bits per heavy atom. The number of esters is 2. The second-order valence-electron chi connectivity index (χ2n) is 5.01. The predicted molar refractivity (Wildman–Crippen MR) is 81.5 cm³/mol. The number of ether oxygens (including phenoxy) is 2. The molecule has 2 rings (SSSR count). The number of nitrogens with zero attached hydrogens (tertiary/aromatic N) is 1. The molecule has 0 saturated carbocycles. The van der Waals surface area contributed by atoms with E-state index in [1.165, 1.54) is 19.1 Å². The first-order valence-electron chi connectivity index (χ1n) is 6.92. The van der Waals surface area contributed by atoms with E-state index in [0.29, 0.717) is 11.3 Å². The molecule has 1 aromatic carbocycles. The fourth-order valence-corrected chi connectivity index (χ4v) is 2.49. The standard InChI is InChI=1S/C16H18N2O5/c1-9-12(15(20)23-4)13(17-16(21)18(9)2)10-7-5-6-8-11(10)14(19)22-3/h5-8,13H,1-4H3,(H,17,21). The van der Waals surface area contributed by atoms with Crippen LogP contribution in [0.2, 0.25) is 0 Å². The average Bonchev–Trinajstić information content (AvgIpc) is 2.58. The lowest BCUT2D eigenvalue weighted by molar-refractivity contribution is -0.136. The van der Waals surface area contributed by atoms with Gasteiger partial charge in [-0.1, -0.05) is 18.2 Å². The fraction of sp³-hybridized carbons (Fsp3) is 0.312. The van der Waals surface area contributed by atoms with Gasteiger partial charge in [-0.05, 0) is 18.6 Å². The van der Waals surface area contributed by atoms with Gasteiger partial charge < -0.3 is 19.7 Å². The first-order chi connectivity index (χ1) is 10.9. The molecule has 122 valence electrons. The van der Waals surface area contributed by atoms with E-state index in [2.05, 4.69) is 5.32 Å². The zero-order chi connectivity index (χ0) is 17.1. The Morgan fingerprint density at radius 1 is 1.13 bits per heavy atom. The maximum absolute atomic E-state index is 12.2. The van der Waals surface area contributed by atoms with Crippen molar-refractivity contribution in [2.45, 2.75) is 13.0 Å². The summed E-state index contributed by atoms with van der Waals surface area (Å²) in [7, 11) is 4.09. The van der Waals surface area contributed by atoms with Gasteiger partial charge >= 0.3 is 18.0 Å². The third-order valence-electron chi connectivity index (χ3n) is 3.84. The van der Waals surface area contributed by atoms with Crippen molar-refractivity contribution in [2.24, 2.45) is 0 Å². The highest BCUT2D eigenvalue weighted by Crippen LogP contribution is 2.32. The second-order valence-corrected chi connectivity index (χ2v) is 5.01. The number of amides is 2. The molecule has 0 fully saturated rings. The quantitative estimate of drug-likeness (QED) is 0.856. The Morgan fingerprint density at radius 3 is 2.35 bits per heavy atom. The SMILES string of the molecule is COC(=O)C1=C(C)N(C)C(=O)NC1c1ccccc1C(=O)OC. The zero-order valence-corrected chi connectivity index (χ0v) is 13.4. The van der Waals surface area contributed by atoms with Crippen molar-refractivity contribution in [3.63, 3.8) is 0 Å². The summed E-state index contributed by atoms with van der Waals surface area (Å²) in [4.78, 5) is 37.6. The van der Waals surface area contributed by atoms with Gasteiger partial charge in [0.1, 0.15) is 0 Å². The van der Waals surface area contributed by atoms with E-state index in [-0.39, 0.29) is 17.2 Å². The molecule has 0 aliphatic carbocycles. The Bertz CT molecular complexity index is 695. The molecule has 7 heteroatoms. The third-order valence-corrected chi connectivity index (χ3v) is 3.84. The van der Waals surface area contributed by atoms with Crippen LogP contribution < -0.4 is 5.32 Å². The summed E-state index contributed by atoms with van der Waals surface area (Å²) in [6.07, 6.45) is 0. The largest absolute Gasteiger partial charge is 0.466 e. The summed E-state index contributed by atoms with van der Waals surface area (Å²) >= 11 is 0. The van der Waals surface area contributed by atoms with Crippen molar-refractivity contribution in [1.29, 1.82) is 0 Å². The van der Waals surface area contributed by atoms with Gasteiger partial charge in [-0.3, -0.25) is 0 Å². The number of hydrogen-bond donors (Lipinski definition) is 1. The van der Waals surface area contributed by atoms with Crippen LogP contribution in [0.3, 0.4) is 0 Å². The summed E-state index contributed by atoms with van der Waals surface area (Å²) in [6.45, 7) is 1.65. The van der Waals surface area contributed by atoms with Crippen LogP contribution in [0.1, 0.15) is 28.9 Å². The van der Waals surface area contributed by atoms with E-state index in [4.69, 9.17) is 9.47 Å². The average molecular weight is 318 g/mol. The lowest BCUT2D eigenvalue weighted by Gasteiger charge is -2.33. The molecule has 1 aliphatic rings. The first-order valence-corrected chi connectivity index (χ1v) is 6.92. The van der Waals surface area contributed by atoms with Crippen LogP contribution in [0.15, 0.2) is 35.5 Å². The molecule has 0 bridgehead atoms. The Hall–Kier alpha value is -2.83. The Labute approximate surface area is 133 Å². The summed E-state index contributed by atoms with van der Waals surface area (Å²) in [5.41, 5.74) is 1.48. The molecule has 1 unspecified atom stereocenters. The van der Waals surface area contributed by atoms with Crippen LogP contribution in [0.25, 0.3) is 0 Å². The molecule has 1 aromatic rings. The van der Waals surface area contributed by atoms with E-state index in [0.717, 1.165) is 0 Å². The van der Waals surface area contributed by atoms with E-state index < -0.39 is 18.0 Å². The Balaban J connectivity index is 2.63. The molecule has 1 atom stereocenters. The van der Waals surface area contributed by atoms with Gasteiger partial charge in [-0.2, -0.15) is 0 Å². The lowest BCUT2D eigenvalue weighted by Crippen LogP contribution is -2.46. The van der Waals surface area contributed by atoms with Crippen molar-refractivity contribution in [2.75, 3.05) is 21.3 Å². The molecule has 2 amide bonds. The Kier molecular flexibility index (Phi) is 4.68. The number of methoxy groups -OCH3 is 2. The molecular weight excluding hydrogens is 300 g/mol. The molecule has 0 aromatic heterocycles. The van der Waals surface area contributed by atoms with E-state index in [1.807, 2.05) is 0 Å². The highest BCUT2D eigenvalue weighted by Gasteiger charge is 2.36. The van der Waals surface area contributed by atoms with Crippen LogP contribution in [0.4, 0.5) is 4.79 Å². The highest BCUT2D eigenvalue weighted by atomic mass is 16.5. The van der Waals surface area contributed by atoms with E-state index in [9.17, 15) is 14.4 Å². The molecule has 0 spiro atoms. The molecule has 0 radical (unpaired) electrons. The number of carbonyl (C=O) groups excluding carboxylic acids is 3. The van der Waals surface area contributed by atoms with Crippen LogP contribution >= 0.6 is 0 Å². The van der Waals surface area contributed by atoms with Crippen LogP contribution in [0.5, 0.6) is 0 Å². The number of allylic oxidation sites excluding steroid dienone is 1. The topological polar surface area (TPSA) is 84.9 Å². The van der Waals surface area contributed by atoms with Gasteiger partial charge in [0.2, 0.25) is 0 Å². The molecule has 7 nitrogen and oxygen atoms in total. The summed E-state index contributed by atoms with van der Waals surface area (Å²) in [5.74, 6) is -1.12. The zero-order valence-electron chi connectivity index (χ0n) is 13.4. The smallest absolute Gasteiger partial charge is 0.338 e. The van der Waals surface area contributed by atoms with E-state index in [1.54, 1.807) is 38.2 Å². The summed E-state index contributed by atoms with van der Waals surface area (Å²) in [6, 6.07) is 5.48. The van der Waals surface area contributed by atoms with Gasteiger partial charge in [0.05, 0.1) is 31.4 Å². The van der Waals surface area contributed by atoms with Crippen molar-refractivity contribution < 1.29 is 23.9 Å². The molecule has 1 N–H and O–H groups in total. The van der Waals surface area contributed by atoms with Crippen molar-refractivity contribution >= 4 is 18.0 Å². The molecular formula is C16H18N2O5. The summed E-state index contributed by atoms with van der Waals surface area (Å²) in [5, 5.41) is 2.72. The first kappa shape index (κ1) is 16.5. The predicted octanol–water partition coefficient (Wildman–Crippen LogP) is 1.62. The van der Waals surface area contributed by atoms with Gasteiger partial charge in [-0.25, -0.2) is 14.4 Å². The minimum atomic E-state index is -0.790. The normalized spacial score (nSPS) is 17.7. The van der Waals surface area contributed by atoms with Crippen LogP contribution in [-0.2, 0) is 14.3 Å². The molecule has 0 saturated heterocycles. The van der Waals surface area contributed by atoms with Crippen LogP contribution in [-0.4, -0.2) is 44.1 Å². The highest BCUT2D eigenvalue weighted by molar-refractivity contribution is 5.97. The molecule has 23 heavy (non-hydrogen) atoms. The number of rotatable bonds is 3. The minimum absolute atomic E-state index is 0.269. The monoisotopic (exact) mass is 318 g/mol. The van der Waals surface area contributed by atoms with E-state index >= 15 is 0 Å². The fourth-order valence-electron chi connectivity index (χ4n) is 2.49. The number of urea groups is 1. The minimum Gasteiger partial charge on any atom is -0.466 e. The third kappa shape index (κ3) is 2.90. The molecule has 1 heterocycles. The second kappa shape index (κ2) is 6.51. The van der Waals surface area contributed by atoms with Crippen molar-refractivity contribution in [1.82, 2.24) is 10.2 Å². The van der Waals surface area contributed by atoms with Crippen LogP contribution in [0, 0.1) is 0 Å². The maximum atomic E-state index is 12.2. The van der Waals surface area contributed by atoms with Gasteiger partial charge in [0.15, 0.2) is 0 Å². The number of carbonyl (C=O) groups is 3. The summed E-state index contributed by atoms with van der Waals surface area (Å²) < 4.78 is 9.60. The number of hydrogen-bond acceptors (Lipinski definition) is 5. The van der Waals surface area contributed by atoms with Gasteiger partial charge in [-0.15, -0.1) is 0 Å².